The second kappa shape index (κ2) is 13.3. The largest absolute Gasteiger partial charge is 0.506 e. The van der Waals surface area contributed by atoms with Gasteiger partial charge in [0.2, 0.25) is 6.29 Å². The van der Waals surface area contributed by atoms with Gasteiger partial charge in [-0.05, 0) is 141 Å². The first-order chi connectivity index (χ1) is 27.3. The Bertz CT molecular complexity index is 2100. The van der Waals surface area contributed by atoms with E-state index in [0.29, 0.717) is 62.2 Å². The van der Waals surface area contributed by atoms with E-state index in [2.05, 4.69) is 6.08 Å². The van der Waals surface area contributed by atoms with Crippen LogP contribution < -0.4 is 4.74 Å². The highest BCUT2D eigenvalue weighted by molar-refractivity contribution is 6.08. The monoisotopic (exact) mass is 786 g/mol. The highest BCUT2D eigenvalue weighted by atomic mass is 16.7. The van der Waals surface area contributed by atoms with Crippen molar-refractivity contribution in [3.8, 4) is 11.5 Å². The predicted octanol–water partition coefficient (Wildman–Crippen LogP) is 5.12. The Labute approximate surface area is 331 Å². The number of rotatable bonds is 6. The lowest BCUT2D eigenvalue weighted by molar-refractivity contribution is -0.336. The van der Waals surface area contributed by atoms with Crippen LogP contribution in [0.2, 0.25) is 0 Å². The summed E-state index contributed by atoms with van der Waals surface area (Å²) < 4.78 is 26.6. The van der Waals surface area contributed by atoms with E-state index in [1.807, 2.05) is 0 Å². The Morgan fingerprint density at radius 1 is 1.04 bits per heavy atom. The third kappa shape index (κ3) is 5.36. The number of carbonyl (C=O) groups excluding carboxylic acids is 1. The Morgan fingerprint density at radius 2 is 1.82 bits per heavy atom. The fraction of sp³-hybridized carbons (Fsp3) is 0.644. The van der Waals surface area contributed by atoms with Gasteiger partial charge in [0.1, 0.15) is 35.4 Å². The highest BCUT2D eigenvalue weighted by Crippen LogP contribution is 2.71. The van der Waals surface area contributed by atoms with Crippen molar-refractivity contribution in [2.24, 2.45) is 34.5 Å². The number of carboxylic acid groups (broad SMARTS) is 1. The van der Waals surface area contributed by atoms with E-state index in [1.165, 1.54) is 55.9 Å². The summed E-state index contributed by atoms with van der Waals surface area (Å²) in [4.78, 5) is 24.9. The van der Waals surface area contributed by atoms with Crippen molar-refractivity contribution in [2.45, 2.75) is 127 Å². The minimum atomic E-state index is -1.71. The van der Waals surface area contributed by atoms with Crippen LogP contribution in [0.3, 0.4) is 0 Å². The van der Waals surface area contributed by atoms with Gasteiger partial charge in [-0.15, -0.1) is 0 Å². The molecule has 306 valence electrons. The molecule has 4 aliphatic carbocycles. The van der Waals surface area contributed by atoms with E-state index in [4.69, 9.17) is 18.9 Å². The number of ketones is 1. The minimum Gasteiger partial charge on any atom is -0.506 e. The molecule has 10 rings (SSSR count). The van der Waals surface area contributed by atoms with Gasteiger partial charge in [0.05, 0.1) is 35.3 Å². The van der Waals surface area contributed by atoms with Gasteiger partial charge in [-0.1, -0.05) is 25.0 Å². The first-order valence-electron chi connectivity index (χ1n) is 21.0. The van der Waals surface area contributed by atoms with Crippen molar-refractivity contribution in [3.63, 3.8) is 0 Å². The molecule has 3 saturated carbocycles. The molecule has 0 amide bonds. The summed E-state index contributed by atoms with van der Waals surface area (Å²) in [5, 5.41) is 69.1. The molecule has 8 aliphatic rings. The number of phenolic OH excluding ortho intramolecular Hbond substituents is 1. The van der Waals surface area contributed by atoms with Crippen molar-refractivity contribution in [3.05, 3.63) is 57.7 Å². The molecule has 6 N–H and O–H groups in total. The third-order valence-electron chi connectivity index (χ3n) is 15.9. The lowest BCUT2D eigenvalue weighted by Crippen LogP contribution is -2.71. The molecule has 12 nitrogen and oxygen atoms in total. The molecule has 0 aromatic heterocycles. The van der Waals surface area contributed by atoms with Gasteiger partial charge in [-0.25, -0.2) is 4.79 Å². The van der Waals surface area contributed by atoms with Crippen molar-refractivity contribution in [2.75, 3.05) is 19.8 Å². The zero-order valence-corrected chi connectivity index (χ0v) is 32.6. The van der Waals surface area contributed by atoms with E-state index in [-0.39, 0.29) is 57.5 Å². The fourth-order valence-electron chi connectivity index (χ4n) is 14.0. The van der Waals surface area contributed by atoms with E-state index < -0.39 is 59.9 Å². The van der Waals surface area contributed by atoms with Gasteiger partial charge >= 0.3 is 5.97 Å². The normalized spacial score (nSPS) is 40.1. The van der Waals surface area contributed by atoms with E-state index in [9.17, 15) is 40.2 Å². The SMILES string of the molecule is CC(=O)c1c(C)cc2cc(C(=O)O)cc(OC3OC4C(O)CCC5OC4(CC4C6=C5CC=C6C5(CCO)COCC6CC7(CCCC7)CC4C65)C(O)C3O)c2c1O. The average molecular weight is 787 g/mol. The molecule has 57 heavy (non-hydrogen) atoms. The third-order valence-corrected chi connectivity index (χ3v) is 15.9. The molecule has 2 aromatic carbocycles. The van der Waals surface area contributed by atoms with Crippen molar-refractivity contribution in [1.29, 1.82) is 0 Å². The van der Waals surface area contributed by atoms with Crippen molar-refractivity contribution in [1.82, 2.24) is 0 Å². The summed E-state index contributed by atoms with van der Waals surface area (Å²) >= 11 is 0. The van der Waals surface area contributed by atoms with Crippen LogP contribution in [-0.2, 0) is 14.2 Å². The van der Waals surface area contributed by atoms with Crippen LogP contribution in [0.25, 0.3) is 10.8 Å². The number of aliphatic hydroxyl groups excluding tert-OH is 4. The maximum Gasteiger partial charge on any atom is 0.335 e. The zero-order valence-electron chi connectivity index (χ0n) is 32.6. The van der Waals surface area contributed by atoms with E-state index in [0.717, 1.165) is 18.4 Å². The number of hydrogen-bond acceptors (Lipinski definition) is 11. The number of allylic oxidation sites excluding steroid dienone is 2. The van der Waals surface area contributed by atoms with Crippen LogP contribution in [-0.4, -0.2) is 105 Å². The van der Waals surface area contributed by atoms with Crippen LogP contribution in [0.5, 0.6) is 11.5 Å². The molecule has 4 aliphatic heterocycles. The predicted molar refractivity (Wildman–Crippen MR) is 205 cm³/mol. The molecule has 12 heteroatoms. The number of carbonyl (C=O) groups is 2. The summed E-state index contributed by atoms with van der Waals surface area (Å²) in [6, 6.07) is 4.17. The Kier molecular flexibility index (Phi) is 8.86. The number of hydrogen-bond donors (Lipinski definition) is 6. The molecular weight excluding hydrogens is 732 g/mol. The zero-order chi connectivity index (χ0) is 39.8. The van der Waals surface area contributed by atoms with Gasteiger partial charge < -0.3 is 49.6 Å². The first kappa shape index (κ1) is 37.9. The second-order valence-electron chi connectivity index (χ2n) is 18.8. The van der Waals surface area contributed by atoms with Gasteiger partial charge in [0.25, 0.3) is 0 Å². The quantitative estimate of drug-likeness (QED) is 0.212. The molecule has 2 spiro atoms. The summed E-state index contributed by atoms with van der Waals surface area (Å²) in [5.41, 5.74) is 2.39. The number of aliphatic hydroxyl groups is 4. The number of aryl methyl sites for hydroxylation is 1. The summed E-state index contributed by atoms with van der Waals surface area (Å²) in [7, 11) is 0. The molecule has 12 atom stereocenters. The van der Waals surface area contributed by atoms with Crippen LogP contribution >= 0.6 is 0 Å². The number of aromatic carboxylic acids is 1. The van der Waals surface area contributed by atoms with Gasteiger partial charge in [-0.3, -0.25) is 4.79 Å². The van der Waals surface area contributed by atoms with Crippen molar-refractivity contribution >= 4 is 22.5 Å². The Balaban J connectivity index is 1.07. The molecule has 4 heterocycles. The summed E-state index contributed by atoms with van der Waals surface area (Å²) in [6.07, 6.45) is 4.07. The maximum atomic E-state index is 12.6. The summed E-state index contributed by atoms with van der Waals surface area (Å²) in [6.45, 7) is 4.29. The average Bonchev–Trinajstić information content (AvgIpc) is 3.75. The molecule has 12 unspecified atom stereocenters. The van der Waals surface area contributed by atoms with E-state index in [1.54, 1.807) is 13.0 Å². The number of aromatic hydroxyl groups is 1. The number of fused-ring (bicyclic) bond motifs is 5. The molecule has 6 fully saturated rings. The number of carboxylic acids is 1. The Morgan fingerprint density at radius 3 is 2.56 bits per heavy atom. The fourth-order valence-corrected chi connectivity index (χ4v) is 14.0. The molecule has 3 saturated heterocycles. The minimum absolute atomic E-state index is 0.0500. The van der Waals surface area contributed by atoms with Crippen LogP contribution in [0.1, 0.15) is 104 Å². The smallest absolute Gasteiger partial charge is 0.335 e. The lowest BCUT2D eigenvalue weighted by atomic mass is 9.43. The molecule has 2 bridgehead atoms. The molecular formula is C45H54O12. The standard InChI is InChI=1S/C45H54O12/c1-21-13-23-14-24(41(52)53)15-32(34(23)37(49)33(21)22(2)47)55-42-38(50)39(51)45-18-27-28-17-43(9-3-4-10-43)16-25-19-54-20-44(11-12-46,36(25)28)29-6-5-26(35(27)29)31(57-45)8-7-30(48)40(45)56-42/h6,13-15,25,27-28,30-31,36,38-40,42,46,48-51H,3-5,7-12,16-20H2,1-2H3,(H,52,53). The second-order valence-corrected chi connectivity index (χ2v) is 18.8. The number of ether oxygens (including phenoxy) is 4. The van der Waals surface area contributed by atoms with Crippen LogP contribution in [0.4, 0.5) is 0 Å². The lowest BCUT2D eigenvalue weighted by Gasteiger charge is -2.64. The van der Waals surface area contributed by atoms with Crippen molar-refractivity contribution < 1.29 is 59.2 Å². The van der Waals surface area contributed by atoms with Gasteiger partial charge in [0, 0.05) is 18.6 Å². The first-order valence-corrected chi connectivity index (χ1v) is 21.0. The molecule has 0 radical (unpaired) electrons. The number of phenols is 1. The van der Waals surface area contributed by atoms with Crippen LogP contribution in [0, 0.1) is 41.4 Å². The van der Waals surface area contributed by atoms with Gasteiger partial charge in [-0.2, -0.15) is 0 Å². The Hall–Kier alpha value is -3.36. The van der Waals surface area contributed by atoms with Gasteiger partial charge in [0.15, 0.2) is 5.78 Å². The molecule has 2 aromatic rings. The topological polar surface area (TPSA) is 192 Å². The van der Waals surface area contributed by atoms with E-state index >= 15 is 0 Å². The summed E-state index contributed by atoms with van der Waals surface area (Å²) in [5.74, 6) is -1.45. The maximum absolute atomic E-state index is 12.6. The van der Waals surface area contributed by atoms with Crippen LogP contribution in [0.15, 0.2) is 41.0 Å². The number of benzene rings is 2. The number of Topliss-reactive ketones (excluding diaryl/α,β-unsaturated/α-hetero) is 1. The highest BCUT2D eigenvalue weighted by Gasteiger charge is 2.69.